The van der Waals surface area contributed by atoms with Crippen molar-refractivity contribution >= 4 is 5.57 Å². The zero-order valence-corrected chi connectivity index (χ0v) is 10.1. The number of benzene rings is 1. The summed E-state index contributed by atoms with van der Waals surface area (Å²) in [6, 6.07) is 9.03. The average Bonchev–Trinajstić information content (AvgIpc) is 2.66. The van der Waals surface area contributed by atoms with Crippen molar-refractivity contribution in [2.24, 2.45) is 17.3 Å². The van der Waals surface area contributed by atoms with Gasteiger partial charge in [-0.1, -0.05) is 43.7 Å². The number of hydrogen-bond donors (Lipinski definition) is 0. The molecule has 16 heavy (non-hydrogen) atoms. The summed E-state index contributed by atoms with van der Waals surface area (Å²) < 4.78 is 0. The second-order valence-corrected chi connectivity index (χ2v) is 6.35. The molecular formula is C16H18. The molecule has 0 N–H and O–H groups in total. The maximum absolute atomic E-state index is 2.47. The van der Waals surface area contributed by atoms with Gasteiger partial charge in [-0.25, -0.2) is 0 Å². The van der Waals surface area contributed by atoms with E-state index in [1.54, 1.807) is 22.3 Å². The zero-order chi connectivity index (χ0) is 10.9. The lowest BCUT2D eigenvalue weighted by Crippen LogP contribution is -2.48. The van der Waals surface area contributed by atoms with Gasteiger partial charge in [-0.05, 0) is 53.2 Å². The fourth-order valence-corrected chi connectivity index (χ4v) is 4.23. The highest BCUT2D eigenvalue weighted by molar-refractivity contribution is 5.79. The summed E-state index contributed by atoms with van der Waals surface area (Å²) in [6.07, 6.45) is 4.04. The van der Waals surface area contributed by atoms with Crippen LogP contribution in [0.3, 0.4) is 0 Å². The van der Waals surface area contributed by atoms with E-state index in [2.05, 4.69) is 38.1 Å². The SMILES string of the molecule is CC1(C)[C@H]2CC3=C(Cc4ccccc43)[C@@H]1C2. The summed E-state index contributed by atoms with van der Waals surface area (Å²) in [4.78, 5) is 0. The molecule has 1 fully saturated rings. The fraction of sp³-hybridized carbons (Fsp3) is 0.500. The highest BCUT2D eigenvalue weighted by Gasteiger charge is 2.54. The van der Waals surface area contributed by atoms with Crippen LogP contribution >= 0.6 is 0 Å². The van der Waals surface area contributed by atoms with Crippen molar-refractivity contribution in [3.8, 4) is 0 Å². The largest absolute Gasteiger partial charge is 0.0619 e. The van der Waals surface area contributed by atoms with Gasteiger partial charge in [0.15, 0.2) is 0 Å². The van der Waals surface area contributed by atoms with Crippen LogP contribution in [0, 0.1) is 17.3 Å². The molecule has 0 saturated heterocycles. The zero-order valence-electron chi connectivity index (χ0n) is 10.1. The third kappa shape index (κ3) is 0.878. The topological polar surface area (TPSA) is 0 Å². The van der Waals surface area contributed by atoms with Gasteiger partial charge in [0.2, 0.25) is 0 Å². The summed E-state index contributed by atoms with van der Waals surface area (Å²) in [6.45, 7) is 4.94. The minimum absolute atomic E-state index is 0.584. The molecule has 2 atom stereocenters. The van der Waals surface area contributed by atoms with E-state index in [1.165, 1.54) is 19.3 Å². The van der Waals surface area contributed by atoms with Crippen molar-refractivity contribution < 1.29 is 0 Å². The first kappa shape index (κ1) is 9.04. The van der Waals surface area contributed by atoms with Gasteiger partial charge in [0.05, 0.1) is 0 Å². The lowest BCUT2D eigenvalue weighted by molar-refractivity contribution is -0.00278. The molecule has 0 heteroatoms. The Bertz CT molecular complexity index is 505. The number of allylic oxidation sites excluding steroid dienone is 2. The second-order valence-electron chi connectivity index (χ2n) is 6.35. The molecule has 1 aromatic rings. The van der Waals surface area contributed by atoms with Crippen LogP contribution in [0.4, 0.5) is 0 Å². The Kier molecular flexibility index (Phi) is 1.48. The molecule has 1 saturated carbocycles. The lowest BCUT2D eigenvalue weighted by Gasteiger charge is -2.57. The maximum atomic E-state index is 2.47. The Morgan fingerprint density at radius 3 is 2.81 bits per heavy atom. The molecule has 4 aliphatic carbocycles. The summed E-state index contributed by atoms with van der Waals surface area (Å²) in [5, 5.41) is 0. The Balaban J connectivity index is 1.86. The molecule has 0 spiro atoms. The Hall–Kier alpha value is -1.04. The second kappa shape index (κ2) is 2.61. The van der Waals surface area contributed by atoms with E-state index in [1.807, 2.05) is 0 Å². The van der Waals surface area contributed by atoms with Crippen LogP contribution in [0.15, 0.2) is 29.8 Å². The Morgan fingerprint density at radius 2 is 2.00 bits per heavy atom. The van der Waals surface area contributed by atoms with E-state index in [0.29, 0.717) is 5.41 Å². The molecule has 1 aromatic carbocycles. The molecule has 82 valence electrons. The van der Waals surface area contributed by atoms with Crippen LogP contribution in [-0.2, 0) is 6.42 Å². The van der Waals surface area contributed by atoms with E-state index < -0.39 is 0 Å². The van der Waals surface area contributed by atoms with Crippen molar-refractivity contribution in [1.82, 2.24) is 0 Å². The molecule has 0 amide bonds. The van der Waals surface area contributed by atoms with Crippen molar-refractivity contribution in [3.63, 3.8) is 0 Å². The highest BCUT2D eigenvalue weighted by atomic mass is 14.6. The van der Waals surface area contributed by atoms with E-state index >= 15 is 0 Å². The molecule has 4 aliphatic rings. The van der Waals surface area contributed by atoms with Gasteiger partial charge >= 0.3 is 0 Å². The van der Waals surface area contributed by atoms with Gasteiger partial charge in [-0.2, -0.15) is 0 Å². The van der Waals surface area contributed by atoms with Gasteiger partial charge in [-0.3, -0.25) is 0 Å². The fourth-order valence-electron chi connectivity index (χ4n) is 4.23. The lowest BCUT2D eigenvalue weighted by atomic mass is 9.47. The monoisotopic (exact) mass is 210 g/mol. The van der Waals surface area contributed by atoms with Gasteiger partial charge in [0, 0.05) is 0 Å². The first-order chi connectivity index (χ1) is 7.68. The van der Waals surface area contributed by atoms with Crippen LogP contribution in [-0.4, -0.2) is 0 Å². The Labute approximate surface area is 97.4 Å². The minimum Gasteiger partial charge on any atom is -0.0619 e. The van der Waals surface area contributed by atoms with Gasteiger partial charge < -0.3 is 0 Å². The normalized spacial score (nSPS) is 33.1. The van der Waals surface area contributed by atoms with E-state index in [-0.39, 0.29) is 0 Å². The van der Waals surface area contributed by atoms with E-state index in [9.17, 15) is 0 Å². The molecule has 0 aromatic heterocycles. The highest BCUT2D eigenvalue weighted by Crippen LogP contribution is 2.64. The third-order valence-electron chi connectivity index (χ3n) is 5.45. The maximum Gasteiger partial charge on any atom is -0.00520 e. The van der Waals surface area contributed by atoms with Gasteiger partial charge in [0.1, 0.15) is 0 Å². The van der Waals surface area contributed by atoms with Crippen LogP contribution in [0.5, 0.6) is 0 Å². The minimum atomic E-state index is 0.584. The number of hydrogen-bond acceptors (Lipinski definition) is 0. The van der Waals surface area contributed by atoms with Crippen molar-refractivity contribution in [2.45, 2.75) is 33.1 Å². The molecule has 0 nitrogen and oxygen atoms in total. The van der Waals surface area contributed by atoms with Gasteiger partial charge in [-0.15, -0.1) is 0 Å². The van der Waals surface area contributed by atoms with Crippen molar-refractivity contribution in [1.29, 1.82) is 0 Å². The average molecular weight is 210 g/mol. The molecule has 0 heterocycles. The summed E-state index contributed by atoms with van der Waals surface area (Å²) >= 11 is 0. The first-order valence-electron chi connectivity index (χ1n) is 6.48. The van der Waals surface area contributed by atoms with Crippen LogP contribution < -0.4 is 0 Å². The first-order valence-corrected chi connectivity index (χ1v) is 6.48. The predicted octanol–water partition coefficient (Wildman–Crippen LogP) is 4.06. The summed E-state index contributed by atoms with van der Waals surface area (Å²) in [5.74, 6) is 1.83. The molecule has 2 bridgehead atoms. The quantitative estimate of drug-likeness (QED) is 0.605. The predicted molar refractivity (Wildman–Crippen MR) is 67.1 cm³/mol. The molecule has 0 aliphatic heterocycles. The smallest absolute Gasteiger partial charge is 0.00520 e. The third-order valence-corrected chi connectivity index (χ3v) is 5.45. The summed E-state index contributed by atoms with van der Waals surface area (Å²) in [5.41, 5.74) is 7.24. The molecule has 5 rings (SSSR count). The molecule has 0 radical (unpaired) electrons. The Morgan fingerprint density at radius 1 is 1.19 bits per heavy atom. The van der Waals surface area contributed by atoms with E-state index in [0.717, 1.165) is 11.8 Å². The molecule has 0 unspecified atom stereocenters. The van der Waals surface area contributed by atoms with Crippen LogP contribution in [0.2, 0.25) is 0 Å². The van der Waals surface area contributed by atoms with Crippen LogP contribution in [0.1, 0.15) is 37.8 Å². The molecular weight excluding hydrogens is 192 g/mol. The number of fused-ring (bicyclic) bond motifs is 1. The standard InChI is InChI=1S/C16H18/c1-16(2)11-8-13-12-6-4-3-5-10(12)7-14(13)15(16)9-11/h3-6,11,15H,7-9H2,1-2H3/t11-,15-/m0/s1. The van der Waals surface area contributed by atoms with Gasteiger partial charge in [0.25, 0.3) is 0 Å². The van der Waals surface area contributed by atoms with Crippen molar-refractivity contribution in [2.75, 3.05) is 0 Å². The van der Waals surface area contributed by atoms with Crippen LogP contribution in [0.25, 0.3) is 5.57 Å². The summed E-state index contributed by atoms with van der Waals surface area (Å²) in [7, 11) is 0. The van der Waals surface area contributed by atoms with E-state index in [4.69, 9.17) is 0 Å². The number of rotatable bonds is 0. The van der Waals surface area contributed by atoms with Crippen molar-refractivity contribution in [3.05, 3.63) is 41.0 Å².